The summed E-state index contributed by atoms with van der Waals surface area (Å²) in [4.78, 5) is 0. The van der Waals surface area contributed by atoms with Crippen LogP contribution < -0.4 is 10.4 Å². The maximum atomic E-state index is 2.49. The lowest BCUT2D eigenvalue weighted by Crippen LogP contribution is -2.08. The van der Waals surface area contributed by atoms with Gasteiger partial charge < -0.3 is 0 Å². The van der Waals surface area contributed by atoms with Gasteiger partial charge >= 0.3 is 0 Å². The van der Waals surface area contributed by atoms with E-state index in [0.29, 0.717) is 0 Å². The van der Waals surface area contributed by atoms with Gasteiger partial charge in [0.15, 0.2) is 0 Å². The highest BCUT2D eigenvalue weighted by atomic mass is 14.3. The van der Waals surface area contributed by atoms with E-state index in [0.717, 1.165) is 0 Å². The molecule has 2 aliphatic carbocycles. The molecule has 0 unspecified atom stereocenters. The lowest BCUT2D eigenvalue weighted by atomic mass is 9.87. The fourth-order valence-corrected chi connectivity index (χ4v) is 7.31. The Labute approximate surface area is 224 Å². The molecule has 5 aromatic rings. The molecule has 0 heteroatoms. The first kappa shape index (κ1) is 23.0. The molecule has 2 aliphatic rings. The zero-order valence-corrected chi connectivity index (χ0v) is 23.1. The van der Waals surface area contributed by atoms with Gasteiger partial charge in [-0.2, -0.15) is 0 Å². The molecule has 0 aliphatic heterocycles. The maximum absolute atomic E-state index is 2.49. The van der Waals surface area contributed by atoms with Crippen molar-refractivity contribution in [3.8, 4) is 0 Å². The zero-order chi connectivity index (χ0) is 26.3. The molecule has 0 saturated carbocycles. The van der Waals surface area contributed by atoms with E-state index < -0.39 is 0 Å². The number of hydrogen-bond donors (Lipinski definition) is 0. The van der Waals surface area contributed by atoms with Gasteiger partial charge in [0, 0.05) is 0 Å². The van der Waals surface area contributed by atoms with Crippen LogP contribution in [0.1, 0.15) is 55.6 Å². The molecule has 0 fully saturated rings. The SMILES string of the molecule is Cc1cc(C)c(C2=c3ccccc3=c3cc4c(cc32)=c2ccccc2=C4c2c(C)cc(C)cc2C)c(C)c1. The van der Waals surface area contributed by atoms with Gasteiger partial charge in [-0.3, -0.25) is 0 Å². The van der Waals surface area contributed by atoms with Crippen LogP contribution in [0.3, 0.4) is 0 Å². The summed E-state index contributed by atoms with van der Waals surface area (Å²) in [6, 6.07) is 32.2. The first-order valence-electron chi connectivity index (χ1n) is 13.6. The number of aryl methyl sites for hydroxylation is 6. The van der Waals surface area contributed by atoms with E-state index in [4.69, 9.17) is 0 Å². The van der Waals surface area contributed by atoms with Crippen LogP contribution in [0.2, 0.25) is 0 Å². The van der Waals surface area contributed by atoms with Crippen LogP contribution in [-0.2, 0) is 0 Å². The van der Waals surface area contributed by atoms with Crippen molar-refractivity contribution in [3.63, 3.8) is 0 Å². The van der Waals surface area contributed by atoms with Crippen molar-refractivity contribution in [1.29, 1.82) is 0 Å². The van der Waals surface area contributed by atoms with E-state index in [9.17, 15) is 0 Å². The molecule has 0 aromatic heterocycles. The normalized spacial score (nSPS) is 12.9. The Kier molecular flexibility index (Phi) is 4.94. The first-order chi connectivity index (χ1) is 18.3. The van der Waals surface area contributed by atoms with Crippen LogP contribution >= 0.6 is 0 Å². The summed E-state index contributed by atoms with van der Waals surface area (Å²) in [6.07, 6.45) is 0. The van der Waals surface area contributed by atoms with Crippen molar-refractivity contribution < 1.29 is 0 Å². The Morgan fingerprint density at radius 2 is 0.658 bits per heavy atom. The molecule has 5 aromatic carbocycles. The first-order valence-corrected chi connectivity index (χ1v) is 13.6. The standard InChI is InChI=1S/C38H32/c1-21-15-23(3)35(24(4)16-21)37-29-13-9-7-11-27(29)31-20-34-32(19-33(31)37)28-12-8-10-14-30(28)38(34)36-25(5)17-22(2)18-26(36)6/h7-20H,1-6H3. The molecule has 0 N–H and O–H groups in total. The molecule has 0 saturated heterocycles. The van der Waals surface area contributed by atoms with E-state index in [2.05, 4.69) is 126 Å². The summed E-state index contributed by atoms with van der Waals surface area (Å²) >= 11 is 0. The highest BCUT2D eigenvalue weighted by Crippen LogP contribution is 2.36. The van der Waals surface area contributed by atoms with E-state index in [1.54, 1.807) is 0 Å². The van der Waals surface area contributed by atoms with Gasteiger partial charge in [-0.25, -0.2) is 0 Å². The second-order valence-corrected chi connectivity index (χ2v) is 11.3. The summed E-state index contributed by atoms with van der Waals surface area (Å²) in [5, 5.41) is 8.07. The van der Waals surface area contributed by atoms with Crippen LogP contribution in [-0.4, -0.2) is 0 Å². The van der Waals surface area contributed by atoms with Crippen LogP contribution in [0, 0.1) is 62.4 Å². The van der Waals surface area contributed by atoms with E-state index in [-0.39, 0.29) is 0 Å². The quantitative estimate of drug-likeness (QED) is 0.241. The topological polar surface area (TPSA) is 0 Å². The van der Waals surface area contributed by atoms with Crippen molar-refractivity contribution in [2.45, 2.75) is 41.5 Å². The van der Waals surface area contributed by atoms with Gasteiger partial charge in [-0.1, -0.05) is 83.9 Å². The lowest BCUT2D eigenvalue weighted by molar-refractivity contribution is 1.28. The monoisotopic (exact) mass is 488 g/mol. The predicted octanol–water partition coefficient (Wildman–Crippen LogP) is 7.23. The highest BCUT2D eigenvalue weighted by molar-refractivity contribution is 5.89. The summed E-state index contributed by atoms with van der Waals surface area (Å²) in [5.41, 5.74) is 16.2. The van der Waals surface area contributed by atoms with E-state index in [1.165, 1.54) is 98.1 Å². The van der Waals surface area contributed by atoms with Crippen LogP contribution in [0.4, 0.5) is 0 Å². The minimum absolute atomic E-state index is 1.32. The second kappa shape index (κ2) is 8.17. The van der Waals surface area contributed by atoms with Crippen molar-refractivity contribution >= 4 is 11.1 Å². The third-order valence-corrected chi connectivity index (χ3v) is 8.52. The minimum atomic E-state index is 1.32. The maximum Gasteiger partial charge on any atom is -0.00208 e. The van der Waals surface area contributed by atoms with Crippen molar-refractivity contribution in [2.24, 2.45) is 0 Å². The minimum Gasteiger partial charge on any atom is -0.0616 e. The Bertz CT molecular complexity index is 1970. The smallest absolute Gasteiger partial charge is 0.00208 e. The van der Waals surface area contributed by atoms with Gasteiger partial charge in [0.1, 0.15) is 0 Å². The van der Waals surface area contributed by atoms with Gasteiger partial charge in [-0.05, 0) is 141 Å². The van der Waals surface area contributed by atoms with Crippen LogP contribution in [0.15, 0.2) is 84.9 Å². The van der Waals surface area contributed by atoms with Crippen LogP contribution in [0.25, 0.3) is 11.1 Å². The molecule has 0 heterocycles. The average molecular weight is 489 g/mol. The molecular weight excluding hydrogens is 456 g/mol. The molecule has 7 rings (SSSR count). The largest absolute Gasteiger partial charge is 0.0616 e. The fraction of sp³-hybridized carbons (Fsp3) is 0.158. The van der Waals surface area contributed by atoms with Crippen molar-refractivity contribution in [3.05, 3.63) is 172 Å². The molecule has 38 heavy (non-hydrogen) atoms. The Morgan fingerprint density at radius 3 is 1.00 bits per heavy atom. The molecule has 0 radical (unpaired) electrons. The molecular formula is C38H32. The Morgan fingerprint density at radius 1 is 0.342 bits per heavy atom. The fourth-order valence-electron chi connectivity index (χ4n) is 7.31. The third-order valence-electron chi connectivity index (χ3n) is 8.52. The van der Waals surface area contributed by atoms with Gasteiger partial charge in [0.05, 0.1) is 0 Å². The summed E-state index contributed by atoms with van der Waals surface area (Å²) in [6.45, 7) is 13.4. The third kappa shape index (κ3) is 3.16. The Balaban J connectivity index is 1.64. The summed E-state index contributed by atoms with van der Waals surface area (Å²) < 4.78 is 0. The lowest BCUT2D eigenvalue weighted by Gasteiger charge is -2.17. The molecule has 0 spiro atoms. The van der Waals surface area contributed by atoms with E-state index >= 15 is 0 Å². The predicted molar refractivity (Wildman–Crippen MR) is 158 cm³/mol. The number of rotatable bonds is 2. The van der Waals surface area contributed by atoms with Gasteiger partial charge in [0.25, 0.3) is 0 Å². The van der Waals surface area contributed by atoms with E-state index in [1.807, 2.05) is 0 Å². The summed E-state index contributed by atoms with van der Waals surface area (Å²) in [5.74, 6) is 0. The highest BCUT2D eigenvalue weighted by Gasteiger charge is 2.23. The number of hydrogen-bond acceptors (Lipinski definition) is 0. The van der Waals surface area contributed by atoms with Crippen molar-refractivity contribution in [1.82, 2.24) is 0 Å². The molecule has 184 valence electrons. The molecule has 0 nitrogen and oxygen atoms in total. The number of benzene rings is 5. The molecule has 0 bridgehead atoms. The number of fused-ring (bicyclic) bond motifs is 4. The summed E-state index contributed by atoms with van der Waals surface area (Å²) in [7, 11) is 0. The van der Waals surface area contributed by atoms with Crippen LogP contribution in [0.5, 0.6) is 0 Å². The second-order valence-electron chi connectivity index (χ2n) is 11.3. The Hall–Kier alpha value is -4.16. The molecule has 0 atom stereocenters. The van der Waals surface area contributed by atoms with Gasteiger partial charge in [-0.15, -0.1) is 0 Å². The van der Waals surface area contributed by atoms with Crippen molar-refractivity contribution in [2.75, 3.05) is 0 Å². The molecule has 0 amide bonds. The van der Waals surface area contributed by atoms with Gasteiger partial charge in [0.2, 0.25) is 0 Å². The average Bonchev–Trinajstić information content (AvgIpc) is 3.35. The zero-order valence-electron chi connectivity index (χ0n) is 23.1.